The van der Waals surface area contributed by atoms with Crippen LogP contribution in [0.3, 0.4) is 0 Å². The first kappa shape index (κ1) is 30.3. The lowest BCUT2D eigenvalue weighted by atomic mass is 10.0. The average molecular weight is 571 g/mol. The lowest BCUT2D eigenvalue weighted by Gasteiger charge is -2.23. The van der Waals surface area contributed by atoms with Crippen molar-refractivity contribution in [1.29, 1.82) is 0 Å². The molecule has 5 N–H and O–H groups in total. The Morgan fingerprint density at radius 2 is 1.52 bits per heavy atom. The second kappa shape index (κ2) is 14.8. The van der Waals surface area contributed by atoms with Gasteiger partial charge < -0.3 is 26.0 Å². The number of aromatic amines is 1. The predicted octanol–water partition coefficient (Wildman–Crippen LogP) is 4.25. The maximum Gasteiger partial charge on any atom is 0.303 e. The Morgan fingerprint density at radius 1 is 0.810 bits per heavy atom. The molecular weight excluding hydrogens is 532 g/mol. The number of benzene rings is 3. The van der Waals surface area contributed by atoms with Crippen LogP contribution in [-0.4, -0.2) is 52.4 Å². The minimum absolute atomic E-state index is 0.0335. The Balaban J connectivity index is 1.39. The van der Waals surface area contributed by atoms with Crippen LogP contribution in [0, 0.1) is 0 Å². The van der Waals surface area contributed by atoms with E-state index in [2.05, 4.69) is 20.9 Å². The highest BCUT2D eigenvalue weighted by atomic mass is 16.4. The number of rotatable bonds is 15. The highest BCUT2D eigenvalue weighted by molar-refractivity contribution is 5.94. The van der Waals surface area contributed by atoms with E-state index in [-0.39, 0.29) is 25.2 Å². The van der Waals surface area contributed by atoms with Crippen molar-refractivity contribution in [3.05, 3.63) is 84.1 Å². The molecule has 42 heavy (non-hydrogen) atoms. The summed E-state index contributed by atoms with van der Waals surface area (Å²) in [5.41, 5.74) is 2.92. The maximum atomic E-state index is 13.3. The molecule has 0 fully saturated rings. The molecule has 9 nitrogen and oxygen atoms in total. The first-order chi connectivity index (χ1) is 20.4. The van der Waals surface area contributed by atoms with Gasteiger partial charge >= 0.3 is 5.97 Å². The van der Waals surface area contributed by atoms with Crippen molar-refractivity contribution in [2.75, 3.05) is 6.54 Å². The molecule has 2 unspecified atom stereocenters. The third-order valence-electron chi connectivity index (χ3n) is 7.38. The summed E-state index contributed by atoms with van der Waals surface area (Å²) in [6, 6.07) is 19.5. The van der Waals surface area contributed by atoms with E-state index in [9.17, 15) is 24.3 Å². The molecule has 4 aromatic rings. The van der Waals surface area contributed by atoms with E-state index < -0.39 is 29.9 Å². The number of H-pyrrole nitrogens is 1. The van der Waals surface area contributed by atoms with Gasteiger partial charge in [0.2, 0.25) is 17.7 Å². The summed E-state index contributed by atoms with van der Waals surface area (Å²) in [6.45, 7) is 2.39. The molecule has 0 radical (unpaired) electrons. The van der Waals surface area contributed by atoms with Gasteiger partial charge in [0.15, 0.2) is 0 Å². The highest BCUT2D eigenvalue weighted by Crippen LogP contribution is 2.19. The number of para-hydroxylation sites is 1. The molecule has 1 aromatic heterocycles. The quantitative estimate of drug-likeness (QED) is 0.145. The van der Waals surface area contributed by atoms with E-state index in [1.54, 1.807) is 0 Å². The van der Waals surface area contributed by atoms with Gasteiger partial charge in [-0.15, -0.1) is 0 Å². The van der Waals surface area contributed by atoms with Crippen LogP contribution in [0.15, 0.2) is 72.9 Å². The first-order valence-electron chi connectivity index (χ1n) is 14.5. The molecule has 0 bridgehead atoms. The monoisotopic (exact) mass is 570 g/mol. The van der Waals surface area contributed by atoms with E-state index in [1.165, 1.54) is 0 Å². The molecule has 3 aromatic carbocycles. The highest BCUT2D eigenvalue weighted by Gasteiger charge is 2.27. The van der Waals surface area contributed by atoms with Gasteiger partial charge in [-0.25, -0.2) is 0 Å². The molecular formula is C33H38N4O5. The van der Waals surface area contributed by atoms with E-state index in [4.69, 9.17) is 0 Å². The smallest absolute Gasteiger partial charge is 0.303 e. The second-order valence-corrected chi connectivity index (χ2v) is 10.5. The molecule has 0 spiro atoms. The van der Waals surface area contributed by atoms with Gasteiger partial charge in [0.05, 0.1) is 6.42 Å². The number of fused-ring (bicyclic) bond motifs is 2. The lowest BCUT2D eigenvalue weighted by molar-refractivity contribution is -0.138. The lowest BCUT2D eigenvalue weighted by Crippen LogP contribution is -2.54. The van der Waals surface area contributed by atoms with Crippen LogP contribution in [0.25, 0.3) is 21.7 Å². The fraction of sp³-hybridized carbons (Fsp3) is 0.333. The predicted molar refractivity (Wildman–Crippen MR) is 163 cm³/mol. The number of nitrogens with one attached hydrogen (secondary N) is 4. The molecule has 0 aliphatic heterocycles. The Kier molecular flexibility index (Phi) is 10.7. The number of carboxylic acids is 1. The SMILES string of the molecule is CCCCC(NC(=O)C(CCC(=O)O)NC(=O)Cc1cccc2ccccc12)C(=O)NCCc1c[nH]c2ccccc12. The first-order valence-corrected chi connectivity index (χ1v) is 14.5. The summed E-state index contributed by atoms with van der Waals surface area (Å²) in [7, 11) is 0. The fourth-order valence-corrected chi connectivity index (χ4v) is 5.13. The van der Waals surface area contributed by atoms with Crippen LogP contribution >= 0.6 is 0 Å². The topological polar surface area (TPSA) is 140 Å². The van der Waals surface area contributed by atoms with E-state index >= 15 is 0 Å². The van der Waals surface area contributed by atoms with Crippen molar-refractivity contribution in [3.63, 3.8) is 0 Å². The van der Waals surface area contributed by atoms with Crippen LogP contribution in [-0.2, 0) is 32.0 Å². The number of unbranched alkanes of at least 4 members (excludes halogenated alkanes) is 1. The molecule has 0 saturated heterocycles. The van der Waals surface area contributed by atoms with Gasteiger partial charge in [-0.2, -0.15) is 0 Å². The zero-order valence-corrected chi connectivity index (χ0v) is 23.8. The minimum Gasteiger partial charge on any atom is -0.481 e. The summed E-state index contributed by atoms with van der Waals surface area (Å²) in [5, 5.41) is 20.7. The number of aliphatic carboxylic acids is 1. The Bertz CT molecular complexity index is 1540. The summed E-state index contributed by atoms with van der Waals surface area (Å²) >= 11 is 0. The van der Waals surface area contributed by atoms with Gasteiger partial charge in [0, 0.05) is 30.1 Å². The number of hydrogen-bond acceptors (Lipinski definition) is 4. The van der Waals surface area contributed by atoms with E-state index in [1.807, 2.05) is 79.9 Å². The van der Waals surface area contributed by atoms with Crippen LogP contribution in [0.5, 0.6) is 0 Å². The number of carbonyl (C=O) groups excluding carboxylic acids is 3. The van der Waals surface area contributed by atoms with Gasteiger partial charge in [0.1, 0.15) is 12.1 Å². The third kappa shape index (κ3) is 8.19. The van der Waals surface area contributed by atoms with Crippen molar-refractivity contribution < 1.29 is 24.3 Å². The zero-order chi connectivity index (χ0) is 29.9. The van der Waals surface area contributed by atoms with Crippen molar-refractivity contribution in [2.45, 2.75) is 64.0 Å². The van der Waals surface area contributed by atoms with Gasteiger partial charge in [-0.3, -0.25) is 19.2 Å². The number of carbonyl (C=O) groups is 4. The molecule has 1 heterocycles. The standard InChI is InChI=1S/C33H38N4O5/c1-2-3-14-28(32(41)34-19-18-24-21-35-27-15-7-6-13-26(24)27)37-33(42)29(16-17-31(39)40)36-30(38)20-23-11-8-10-22-9-4-5-12-25(22)23/h4-13,15,21,28-29,35H,2-3,14,16-20H2,1H3,(H,34,41)(H,36,38)(H,37,42)(H,39,40). The molecule has 3 amide bonds. The fourth-order valence-electron chi connectivity index (χ4n) is 5.13. The summed E-state index contributed by atoms with van der Waals surface area (Å²) in [5.74, 6) is -2.36. The zero-order valence-electron chi connectivity index (χ0n) is 23.8. The molecule has 9 heteroatoms. The van der Waals surface area contributed by atoms with Crippen LogP contribution in [0.4, 0.5) is 0 Å². The van der Waals surface area contributed by atoms with Crippen molar-refractivity contribution in [1.82, 2.24) is 20.9 Å². The number of amides is 3. The third-order valence-corrected chi connectivity index (χ3v) is 7.38. The maximum absolute atomic E-state index is 13.3. The Hall–Kier alpha value is -4.66. The number of aromatic nitrogens is 1. The minimum atomic E-state index is -1.09. The Labute approximate surface area is 245 Å². The number of hydrogen-bond donors (Lipinski definition) is 5. The van der Waals surface area contributed by atoms with Gasteiger partial charge in [-0.05, 0) is 47.2 Å². The molecule has 220 valence electrons. The second-order valence-electron chi connectivity index (χ2n) is 10.5. The molecule has 0 aliphatic carbocycles. The number of carboxylic acid groups (broad SMARTS) is 1. The van der Waals surface area contributed by atoms with Crippen molar-refractivity contribution in [3.8, 4) is 0 Å². The average Bonchev–Trinajstić information content (AvgIpc) is 3.40. The van der Waals surface area contributed by atoms with Crippen molar-refractivity contribution in [2.24, 2.45) is 0 Å². The van der Waals surface area contributed by atoms with Crippen LogP contribution < -0.4 is 16.0 Å². The van der Waals surface area contributed by atoms with Gasteiger partial charge in [0.25, 0.3) is 0 Å². The van der Waals surface area contributed by atoms with Crippen LogP contribution in [0.2, 0.25) is 0 Å². The summed E-state index contributed by atoms with van der Waals surface area (Å²) in [6.07, 6.45) is 4.17. The van der Waals surface area contributed by atoms with E-state index in [0.717, 1.165) is 39.2 Å². The molecule has 0 saturated carbocycles. The van der Waals surface area contributed by atoms with Gasteiger partial charge in [-0.1, -0.05) is 80.4 Å². The Morgan fingerprint density at radius 3 is 2.31 bits per heavy atom. The molecule has 0 aliphatic rings. The van der Waals surface area contributed by atoms with Crippen LogP contribution in [0.1, 0.15) is 50.2 Å². The summed E-state index contributed by atoms with van der Waals surface area (Å²) < 4.78 is 0. The largest absolute Gasteiger partial charge is 0.481 e. The molecule has 4 rings (SSSR count). The van der Waals surface area contributed by atoms with E-state index in [0.29, 0.717) is 25.8 Å². The van der Waals surface area contributed by atoms with Crippen molar-refractivity contribution >= 4 is 45.4 Å². The molecule has 2 atom stereocenters. The summed E-state index contributed by atoms with van der Waals surface area (Å²) in [4.78, 5) is 54.0. The normalized spacial score (nSPS) is 12.5.